The Labute approximate surface area is 233 Å². The normalized spacial score (nSPS) is 20.7. The maximum absolute atomic E-state index is 12.3. The number of carbonyl (C=O) groups is 3. The summed E-state index contributed by atoms with van der Waals surface area (Å²) in [6, 6.07) is 9.55. The molecule has 5 rings (SSSR count). The molecule has 1 aliphatic carbocycles. The van der Waals surface area contributed by atoms with Gasteiger partial charge in [-0.05, 0) is 57.9 Å². The monoisotopic (exact) mass is 553 g/mol. The summed E-state index contributed by atoms with van der Waals surface area (Å²) >= 11 is 5.92. The Bertz CT molecular complexity index is 1360. The highest BCUT2D eigenvalue weighted by atomic mass is 35.5. The van der Waals surface area contributed by atoms with Gasteiger partial charge in [0.1, 0.15) is 5.69 Å². The Morgan fingerprint density at radius 1 is 1.13 bits per heavy atom. The number of halogens is 1. The summed E-state index contributed by atoms with van der Waals surface area (Å²) in [5.74, 6) is -0.709. The van der Waals surface area contributed by atoms with E-state index in [1.165, 1.54) is 0 Å². The molecule has 1 aliphatic heterocycles. The number of fused-ring (bicyclic) bond motifs is 1. The first-order valence-corrected chi connectivity index (χ1v) is 13.6. The molecule has 1 aromatic carbocycles. The standard InChI is InChI=1S/C16H14ClN3O.C13H22N2O3/c1-10(2)14-7-15(11-3-5-12(17)6-4-11)19-20-8-13(9-21)18-16(14)20;1-13(2)8-15(5-4-14(13)3)11(16)9-6-10(7-9)12(17)18/h3-10H,1-2H3;9-10H,4-8H2,1-3H3,(H,17,18). The predicted octanol–water partition coefficient (Wildman–Crippen LogP) is 4.64. The summed E-state index contributed by atoms with van der Waals surface area (Å²) in [5, 5.41) is 14.1. The Hall–Kier alpha value is -3.30. The first-order valence-electron chi connectivity index (χ1n) is 13.2. The van der Waals surface area contributed by atoms with E-state index in [1.807, 2.05) is 35.2 Å². The van der Waals surface area contributed by atoms with Crippen molar-refractivity contribution in [3.63, 3.8) is 0 Å². The molecule has 0 radical (unpaired) electrons. The van der Waals surface area contributed by atoms with E-state index < -0.39 is 5.97 Å². The summed E-state index contributed by atoms with van der Waals surface area (Å²) < 4.78 is 1.67. The van der Waals surface area contributed by atoms with E-state index in [2.05, 4.69) is 49.7 Å². The van der Waals surface area contributed by atoms with Gasteiger partial charge in [-0.1, -0.05) is 37.6 Å². The van der Waals surface area contributed by atoms with Crippen molar-refractivity contribution in [2.75, 3.05) is 26.7 Å². The van der Waals surface area contributed by atoms with Gasteiger partial charge in [0.25, 0.3) is 0 Å². The third-order valence-corrected chi connectivity index (χ3v) is 8.07. The number of carbonyl (C=O) groups excluding carboxylic acids is 2. The number of aldehydes is 1. The van der Waals surface area contributed by atoms with Crippen LogP contribution in [0.1, 0.15) is 62.5 Å². The maximum Gasteiger partial charge on any atom is 0.306 e. The third kappa shape index (κ3) is 6.31. The molecule has 1 saturated carbocycles. The topological polar surface area (TPSA) is 108 Å². The van der Waals surface area contributed by atoms with E-state index in [9.17, 15) is 14.4 Å². The van der Waals surface area contributed by atoms with Crippen molar-refractivity contribution >= 4 is 35.4 Å². The second-order valence-electron chi connectivity index (χ2n) is 11.4. The molecule has 1 amide bonds. The quantitative estimate of drug-likeness (QED) is 0.459. The van der Waals surface area contributed by atoms with Crippen molar-refractivity contribution in [2.45, 2.75) is 52.0 Å². The Balaban J connectivity index is 0.000000183. The van der Waals surface area contributed by atoms with Crippen LogP contribution in [0.2, 0.25) is 5.02 Å². The third-order valence-electron chi connectivity index (χ3n) is 7.82. The average Bonchev–Trinajstić information content (AvgIpc) is 3.28. The van der Waals surface area contributed by atoms with Gasteiger partial charge in [0, 0.05) is 47.2 Å². The lowest BCUT2D eigenvalue weighted by Crippen LogP contribution is -2.60. The van der Waals surface area contributed by atoms with Crippen LogP contribution in [0.15, 0.2) is 36.5 Å². The molecule has 208 valence electrons. The largest absolute Gasteiger partial charge is 0.481 e. The van der Waals surface area contributed by atoms with Gasteiger partial charge in [-0.2, -0.15) is 5.10 Å². The molecule has 0 bridgehead atoms. The van der Waals surface area contributed by atoms with Crippen LogP contribution < -0.4 is 0 Å². The molecule has 0 spiro atoms. The number of benzene rings is 1. The van der Waals surface area contributed by atoms with E-state index >= 15 is 0 Å². The molecule has 3 heterocycles. The second kappa shape index (κ2) is 11.4. The highest BCUT2D eigenvalue weighted by Gasteiger charge is 2.42. The number of rotatable bonds is 5. The zero-order valence-electron chi connectivity index (χ0n) is 23.1. The first-order chi connectivity index (χ1) is 18.4. The van der Waals surface area contributed by atoms with Crippen LogP contribution >= 0.6 is 11.6 Å². The fraction of sp³-hybridized carbons (Fsp3) is 0.483. The van der Waals surface area contributed by atoms with Gasteiger partial charge < -0.3 is 10.0 Å². The zero-order valence-corrected chi connectivity index (χ0v) is 23.9. The highest BCUT2D eigenvalue weighted by molar-refractivity contribution is 6.30. The van der Waals surface area contributed by atoms with E-state index in [1.54, 1.807) is 10.7 Å². The molecule has 9 nitrogen and oxygen atoms in total. The smallest absolute Gasteiger partial charge is 0.306 e. The van der Waals surface area contributed by atoms with E-state index in [0.29, 0.717) is 23.6 Å². The van der Waals surface area contributed by atoms with Gasteiger partial charge >= 0.3 is 5.97 Å². The Kier molecular flexibility index (Phi) is 8.42. The van der Waals surface area contributed by atoms with Crippen LogP contribution in [-0.4, -0.2) is 79.9 Å². The molecule has 10 heteroatoms. The van der Waals surface area contributed by atoms with E-state index in [-0.39, 0.29) is 29.2 Å². The number of hydrogen-bond acceptors (Lipinski definition) is 6. The number of aromatic nitrogens is 3. The van der Waals surface area contributed by atoms with Crippen LogP contribution in [-0.2, 0) is 9.59 Å². The van der Waals surface area contributed by atoms with Crippen LogP contribution in [0.3, 0.4) is 0 Å². The maximum atomic E-state index is 12.3. The minimum atomic E-state index is -0.766. The van der Waals surface area contributed by atoms with E-state index in [4.69, 9.17) is 16.7 Å². The number of amides is 1. The summed E-state index contributed by atoms with van der Waals surface area (Å²) in [6.07, 6.45) is 3.41. The van der Waals surface area contributed by atoms with Crippen molar-refractivity contribution in [1.82, 2.24) is 24.4 Å². The fourth-order valence-corrected chi connectivity index (χ4v) is 5.10. The second-order valence-corrected chi connectivity index (χ2v) is 11.8. The lowest BCUT2D eigenvalue weighted by molar-refractivity contribution is -0.153. The average molecular weight is 554 g/mol. The van der Waals surface area contributed by atoms with Crippen LogP contribution in [0.25, 0.3) is 16.9 Å². The molecule has 1 saturated heterocycles. The van der Waals surface area contributed by atoms with Gasteiger partial charge in [-0.15, -0.1) is 0 Å². The SMILES string of the molecule is CC(C)c1cc(-c2ccc(Cl)cc2)nn2cc(C=O)nc12.CN1CCN(C(=O)C2CC(C(=O)O)C2)CC1(C)C. The molecule has 2 aliphatic rings. The summed E-state index contributed by atoms with van der Waals surface area (Å²) in [6.45, 7) is 10.8. The number of carboxylic acid groups (broad SMARTS) is 1. The molecule has 1 N–H and O–H groups in total. The lowest BCUT2D eigenvalue weighted by atomic mass is 9.74. The molecular formula is C29H36ClN5O4. The van der Waals surface area contributed by atoms with Gasteiger partial charge in [-0.25, -0.2) is 9.50 Å². The fourth-order valence-electron chi connectivity index (χ4n) is 4.97. The molecule has 39 heavy (non-hydrogen) atoms. The number of piperazine rings is 1. The van der Waals surface area contributed by atoms with Gasteiger partial charge in [-0.3, -0.25) is 19.3 Å². The Morgan fingerprint density at radius 3 is 2.36 bits per heavy atom. The number of carboxylic acids is 1. The molecule has 2 aromatic heterocycles. The molecule has 0 unspecified atom stereocenters. The first kappa shape index (κ1) is 28.7. The van der Waals surface area contributed by atoms with Crippen molar-refractivity contribution < 1.29 is 19.5 Å². The van der Waals surface area contributed by atoms with Crippen LogP contribution in [0.4, 0.5) is 0 Å². The van der Waals surface area contributed by atoms with Gasteiger partial charge in [0.2, 0.25) is 5.91 Å². The summed E-state index contributed by atoms with van der Waals surface area (Å²) in [5.41, 5.74) is 3.98. The zero-order chi connectivity index (χ0) is 28.5. The van der Waals surface area contributed by atoms with Crippen molar-refractivity contribution in [3.05, 3.63) is 52.8 Å². The molecule has 2 fully saturated rings. The minimum absolute atomic E-state index is 0.00383. The highest BCUT2D eigenvalue weighted by Crippen LogP contribution is 2.36. The number of nitrogens with zero attached hydrogens (tertiary/aromatic N) is 5. The lowest BCUT2D eigenvalue weighted by Gasteiger charge is -2.47. The molecule has 3 aromatic rings. The number of likely N-dealkylation sites (N-methyl/N-ethyl adjacent to an activating group) is 1. The Morgan fingerprint density at radius 2 is 1.79 bits per heavy atom. The molecule has 0 atom stereocenters. The number of imidazole rings is 1. The van der Waals surface area contributed by atoms with Crippen molar-refractivity contribution in [2.24, 2.45) is 11.8 Å². The van der Waals surface area contributed by atoms with Crippen molar-refractivity contribution in [3.8, 4) is 11.3 Å². The predicted molar refractivity (Wildman–Crippen MR) is 150 cm³/mol. The number of aliphatic carboxylic acids is 1. The van der Waals surface area contributed by atoms with Crippen molar-refractivity contribution in [1.29, 1.82) is 0 Å². The summed E-state index contributed by atoms with van der Waals surface area (Å²) in [4.78, 5) is 42.4. The minimum Gasteiger partial charge on any atom is -0.481 e. The summed E-state index contributed by atoms with van der Waals surface area (Å²) in [7, 11) is 2.08. The van der Waals surface area contributed by atoms with Gasteiger partial charge in [0.05, 0.1) is 17.8 Å². The van der Waals surface area contributed by atoms with Gasteiger partial charge in [0.15, 0.2) is 11.9 Å². The van der Waals surface area contributed by atoms with Crippen LogP contribution in [0.5, 0.6) is 0 Å². The van der Waals surface area contributed by atoms with Crippen LogP contribution in [0, 0.1) is 11.8 Å². The number of hydrogen-bond donors (Lipinski definition) is 1. The molecular weight excluding hydrogens is 518 g/mol. The van der Waals surface area contributed by atoms with E-state index in [0.717, 1.165) is 48.4 Å².